The molecule has 0 heterocycles. The molecule has 1 unspecified atom stereocenters. The number of allylic oxidation sites excluding steroid dienone is 3. The van der Waals surface area contributed by atoms with E-state index >= 15 is 0 Å². The van der Waals surface area contributed by atoms with E-state index in [9.17, 15) is 0 Å². The van der Waals surface area contributed by atoms with Gasteiger partial charge in [0.2, 0.25) is 0 Å². The third kappa shape index (κ3) is 4.01. The summed E-state index contributed by atoms with van der Waals surface area (Å²) in [4.78, 5) is 0. The van der Waals surface area contributed by atoms with Gasteiger partial charge in [-0.25, -0.2) is 0 Å². The molecule has 0 fully saturated rings. The van der Waals surface area contributed by atoms with Crippen LogP contribution >= 0.6 is 0 Å². The van der Waals surface area contributed by atoms with E-state index in [1.54, 1.807) is 0 Å². The maximum Gasteiger partial charge on any atom is -0.0227 e. The maximum absolute atomic E-state index is 3.72. The van der Waals surface area contributed by atoms with Crippen molar-refractivity contribution in [3.05, 3.63) is 24.3 Å². The molecule has 0 N–H and O–H groups in total. The average molecular weight is 124 g/mol. The van der Waals surface area contributed by atoms with E-state index in [4.69, 9.17) is 0 Å². The van der Waals surface area contributed by atoms with Crippen LogP contribution in [-0.4, -0.2) is 0 Å². The van der Waals surface area contributed by atoms with E-state index in [0.29, 0.717) is 5.92 Å². The Morgan fingerprint density at radius 1 is 1.67 bits per heavy atom. The smallest absolute Gasteiger partial charge is 0.0227 e. The molecule has 0 aromatic heterocycles. The molecule has 0 amide bonds. The van der Waals surface area contributed by atoms with Gasteiger partial charge in [0.25, 0.3) is 0 Å². The van der Waals surface area contributed by atoms with Crippen LogP contribution in [0, 0.1) is 5.92 Å². The molecule has 0 aliphatic rings. The predicted octanol–water partition coefficient (Wildman–Crippen LogP) is 3.16. The predicted molar refractivity (Wildman–Crippen MR) is 43.4 cm³/mol. The van der Waals surface area contributed by atoms with Crippen molar-refractivity contribution in [1.29, 1.82) is 0 Å². The monoisotopic (exact) mass is 124 g/mol. The second kappa shape index (κ2) is 4.37. The van der Waals surface area contributed by atoms with Crippen LogP contribution in [0.4, 0.5) is 0 Å². The zero-order valence-corrected chi connectivity index (χ0v) is 6.65. The normalized spacial score (nSPS) is 15.2. The van der Waals surface area contributed by atoms with Crippen LogP contribution < -0.4 is 0 Å². The fourth-order valence-electron chi connectivity index (χ4n) is 0.709. The van der Waals surface area contributed by atoms with Crippen molar-refractivity contribution in [2.24, 2.45) is 5.92 Å². The lowest BCUT2D eigenvalue weighted by molar-refractivity contribution is 0.717. The second-order valence-corrected chi connectivity index (χ2v) is 2.55. The lowest BCUT2D eigenvalue weighted by Gasteiger charge is -2.03. The number of rotatable bonds is 3. The highest BCUT2D eigenvalue weighted by molar-refractivity contribution is 4.98. The van der Waals surface area contributed by atoms with E-state index in [1.165, 1.54) is 5.57 Å². The van der Waals surface area contributed by atoms with Gasteiger partial charge in [0, 0.05) is 0 Å². The zero-order valence-electron chi connectivity index (χ0n) is 6.65. The van der Waals surface area contributed by atoms with E-state index < -0.39 is 0 Å². The first-order chi connectivity index (χ1) is 4.20. The Morgan fingerprint density at radius 3 is 2.56 bits per heavy atom. The standard InChI is InChI=1S/C9H16/c1-5-8(3)7-9(4)6-2/h5-6,8H,1,7H2,2-4H3. The van der Waals surface area contributed by atoms with Crippen molar-refractivity contribution in [3.63, 3.8) is 0 Å². The van der Waals surface area contributed by atoms with Gasteiger partial charge in [0.1, 0.15) is 0 Å². The molecular formula is C9H16. The summed E-state index contributed by atoms with van der Waals surface area (Å²) in [5.74, 6) is 0.626. The lowest BCUT2D eigenvalue weighted by Crippen LogP contribution is -1.88. The first-order valence-electron chi connectivity index (χ1n) is 3.45. The first kappa shape index (κ1) is 8.48. The van der Waals surface area contributed by atoms with Gasteiger partial charge in [0.05, 0.1) is 0 Å². The molecule has 0 saturated carbocycles. The van der Waals surface area contributed by atoms with E-state index in [-0.39, 0.29) is 0 Å². The SMILES string of the molecule is C=CC(C)CC(C)=CC. The minimum atomic E-state index is 0.626. The maximum atomic E-state index is 3.72. The van der Waals surface area contributed by atoms with Crippen LogP contribution in [0.2, 0.25) is 0 Å². The van der Waals surface area contributed by atoms with Gasteiger partial charge in [-0.05, 0) is 26.2 Å². The fourth-order valence-corrected chi connectivity index (χ4v) is 0.709. The quantitative estimate of drug-likeness (QED) is 0.507. The molecular weight excluding hydrogens is 108 g/mol. The number of hydrogen-bond donors (Lipinski definition) is 0. The van der Waals surface area contributed by atoms with Crippen molar-refractivity contribution in [2.45, 2.75) is 27.2 Å². The number of hydrogen-bond acceptors (Lipinski definition) is 0. The average Bonchev–Trinajstić information content (AvgIpc) is 1.87. The largest absolute Gasteiger partial charge is 0.103 e. The molecule has 0 spiro atoms. The van der Waals surface area contributed by atoms with Crippen molar-refractivity contribution >= 4 is 0 Å². The Bertz CT molecular complexity index is 109. The van der Waals surface area contributed by atoms with E-state index in [2.05, 4.69) is 33.4 Å². The Morgan fingerprint density at radius 2 is 2.22 bits per heavy atom. The van der Waals surface area contributed by atoms with Gasteiger partial charge in [-0.15, -0.1) is 6.58 Å². The van der Waals surface area contributed by atoms with Gasteiger partial charge >= 0.3 is 0 Å². The summed E-state index contributed by atoms with van der Waals surface area (Å²) in [5.41, 5.74) is 1.45. The summed E-state index contributed by atoms with van der Waals surface area (Å²) in [5, 5.41) is 0. The fraction of sp³-hybridized carbons (Fsp3) is 0.556. The minimum absolute atomic E-state index is 0.626. The Labute approximate surface area is 58.3 Å². The van der Waals surface area contributed by atoms with Crippen LogP contribution in [0.15, 0.2) is 24.3 Å². The van der Waals surface area contributed by atoms with Crippen molar-refractivity contribution in [1.82, 2.24) is 0 Å². The highest BCUT2D eigenvalue weighted by Crippen LogP contribution is 2.10. The minimum Gasteiger partial charge on any atom is -0.103 e. The van der Waals surface area contributed by atoms with E-state index in [1.807, 2.05) is 6.08 Å². The molecule has 0 heteroatoms. The second-order valence-electron chi connectivity index (χ2n) is 2.55. The summed E-state index contributed by atoms with van der Waals surface area (Å²) < 4.78 is 0. The van der Waals surface area contributed by atoms with E-state index in [0.717, 1.165) is 6.42 Å². The van der Waals surface area contributed by atoms with Gasteiger partial charge in [0.15, 0.2) is 0 Å². The van der Waals surface area contributed by atoms with Gasteiger partial charge < -0.3 is 0 Å². The molecule has 0 saturated heterocycles. The third-order valence-electron chi connectivity index (χ3n) is 1.54. The van der Waals surface area contributed by atoms with Crippen LogP contribution in [0.25, 0.3) is 0 Å². The summed E-state index contributed by atoms with van der Waals surface area (Å²) in [7, 11) is 0. The zero-order chi connectivity index (χ0) is 7.28. The van der Waals surface area contributed by atoms with Gasteiger partial charge in [-0.2, -0.15) is 0 Å². The molecule has 0 aliphatic heterocycles. The highest BCUT2D eigenvalue weighted by atomic mass is 14.0. The molecule has 9 heavy (non-hydrogen) atoms. The molecule has 0 radical (unpaired) electrons. The molecule has 0 aromatic rings. The first-order valence-corrected chi connectivity index (χ1v) is 3.45. The van der Waals surface area contributed by atoms with Crippen molar-refractivity contribution in [2.75, 3.05) is 0 Å². The summed E-state index contributed by atoms with van der Waals surface area (Å²) in [6.45, 7) is 10.1. The van der Waals surface area contributed by atoms with Crippen molar-refractivity contribution in [3.8, 4) is 0 Å². The van der Waals surface area contributed by atoms with Crippen LogP contribution in [-0.2, 0) is 0 Å². The lowest BCUT2D eigenvalue weighted by atomic mass is 10.0. The molecule has 0 aromatic carbocycles. The van der Waals surface area contributed by atoms with Gasteiger partial charge in [-0.1, -0.05) is 24.6 Å². The van der Waals surface area contributed by atoms with Crippen molar-refractivity contribution < 1.29 is 0 Å². The molecule has 52 valence electrons. The summed E-state index contributed by atoms with van der Waals surface area (Å²) in [6.07, 6.45) is 5.30. The molecule has 0 aliphatic carbocycles. The molecule has 0 rings (SSSR count). The highest BCUT2D eigenvalue weighted by Gasteiger charge is 1.94. The summed E-state index contributed by atoms with van der Waals surface area (Å²) in [6, 6.07) is 0. The molecule has 1 atom stereocenters. The topological polar surface area (TPSA) is 0 Å². The molecule has 0 nitrogen and oxygen atoms in total. The van der Waals surface area contributed by atoms with Crippen LogP contribution in [0.1, 0.15) is 27.2 Å². The molecule has 0 bridgehead atoms. The van der Waals surface area contributed by atoms with Gasteiger partial charge in [-0.3, -0.25) is 0 Å². The van der Waals surface area contributed by atoms with Crippen LogP contribution in [0.3, 0.4) is 0 Å². The third-order valence-corrected chi connectivity index (χ3v) is 1.54. The summed E-state index contributed by atoms with van der Waals surface area (Å²) >= 11 is 0. The Kier molecular flexibility index (Phi) is 4.12. The Hall–Kier alpha value is -0.520. The Balaban J connectivity index is 3.59. The van der Waals surface area contributed by atoms with Crippen LogP contribution in [0.5, 0.6) is 0 Å².